The fourth-order valence-corrected chi connectivity index (χ4v) is 1.88. The van der Waals surface area contributed by atoms with Gasteiger partial charge in [0.05, 0.1) is 0 Å². The summed E-state index contributed by atoms with van der Waals surface area (Å²) in [6.07, 6.45) is 0. The molecule has 0 aliphatic rings. The van der Waals surface area contributed by atoms with E-state index in [9.17, 15) is 4.39 Å². The smallest absolute Gasteiger partial charge is 0.148 e. The lowest BCUT2D eigenvalue weighted by molar-refractivity contribution is 0.628. The van der Waals surface area contributed by atoms with Crippen LogP contribution < -0.4 is 16.6 Å². The van der Waals surface area contributed by atoms with Crippen LogP contribution in [0.1, 0.15) is 11.4 Å². The summed E-state index contributed by atoms with van der Waals surface area (Å²) in [5, 5.41) is 3.31. The van der Waals surface area contributed by atoms with E-state index in [4.69, 9.17) is 17.4 Å². The fourth-order valence-electron chi connectivity index (χ4n) is 1.65. The molecule has 0 bridgehead atoms. The average Bonchev–Trinajstić information content (AvgIpc) is 2.32. The van der Waals surface area contributed by atoms with Crippen LogP contribution in [0.15, 0.2) is 18.2 Å². The lowest BCUT2D eigenvalue weighted by Gasteiger charge is -2.12. The Morgan fingerprint density at radius 1 is 1.16 bits per heavy atom. The van der Waals surface area contributed by atoms with Crippen molar-refractivity contribution in [3.8, 4) is 0 Å². The first-order chi connectivity index (χ1) is 8.99. The van der Waals surface area contributed by atoms with Crippen molar-refractivity contribution >= 4 is 28.9 Å². The summed E-state index contributed by atoms with van der Waals surface area (Å²) >= 11 is 5.80. The molecule has 7 heteroatoms. The van der Waals surface area contributed by atoms with Crippen LogP contribution in [0.2, 0.25) is 5.02 Å². The van der Waals surface area contributed by atoms with Gasteiger partial charge in [0.15, 0.2) is 0 Å². The highest BCUT2D eigenvalue weighted by atomic mass is 35.5. The van der Waals surface area contributed by atoms with Gasteiger partial charge in [0.2, 0.25) is 0 Å². The molecule has 0 saturated carbocycles. The molecular formula is C12H13ClFN5. The molecule has 1 aromatic heterocycles. The Morgan fingerprint density at radius 2 is 1.84 bits per heavy atom. The van der Waals surface area contributed by atoms with Crippen LogP contribution in [0, 0.1) is 19.7 Å². The number of hydrogen-bond donors (Lipinski definition) is 3. The van der Waals surface area contributed by atoms with Gasteiger partial charge in [-0.3, -0.25) is 0 Å². The third kappa shape index (κ3) is 3.10. The van der Waals surface area contributed by atoms with Crippen LogP contribution in [-0.4, -0.2) is 9.97 Å². The Labute approximate surface area is 115 Å². The molecule has 0 saturated heterocycles. The molecule has 19 heavy (non-hydrogen) atoms. The lowest BCUT2D eigenvalue weighted by Crippen LogP contribution is -2.13. The van der Waals surface area contributed by atoms with E-state index in [1.54, 1.807) is 19.9 Å². The molecule has 1 aromatic carbocycles. The van der Waals surface area contributed by atoms with E-state index >= 15 is 0 Å². The van der Waals surface area contributed by atoms with Crippen molar-refractivity contribution < 1.29 is 4.39 Å². The molecule has 100 valence electrons. The molecule has 0 unspecified atom stereocenters. The van der Waals surface area contributed by atoms with E-state index in [0.717, 1.165) is 5.56 Å². The zero-order valence-electron chi connectivity index (χ0n) is 10.5. The summed E-state index contributed by atoms with van der Waals surface area (Å²) < 4.78 is 13.3. The van der Waals surface area contributed by atoms with Crippen molar-refractivity contribution in [2.75, 3.05) is 10.7 Å². The molecular weight excluding hydrogens is 269 g/mol. The van der Waals surface area contributed by atoms with Crippen molar-refractivity contribution in [3.05, 3.63) is 40.4 Å². The van der Waals surface area contributed by atoms with Crippen LogP contribution in [0.5, 0.6) is 0 Å². The molecule has 0 aliphatic heterocycles. The second-order valence-corrected chi connectivity index (χ2v) is 4.46. The second-order valence-electron chi connectivity index (χ2n) is 4.02. The first kappa shape index (κ1) is 13.5. The Bertz CT molecular complexity index is 597. The summed E-state index contributed by atoms with van der Waals surface area (Å²) in [5.74, 6) is 6.56. The van der Waals surface area contributed by atoms with Gasteiger partial charge in [0, 0.05) is 16.3 Å². The Hall–Kier alpha value is -1.92. The van der Waals surface area contributed by atoms with Gasteiger partial charge in [-0.2, -0.15) is 0 Å². The van der Waals surface area contributed by atoms with Crippen LogP contribution in [0.3, 0.4) is 0 Å². The molecule has 0 radical (unpaired) electrons. The molecule has 5 nitrogen and oxygen atoms in total. The average molecular weight is 282 g/mol. The normalized spacial score (nSPS) is 10.4. The number of anilines is 3. The van der Waals surface area contributed by atoms with Crippen LogP contribution in [-0.2, 0) is 0 Å². The van der Waals surface area contributed by atoms with Gasteiger partial charge in [-0.1, -0.05) is 11.6 Å². The fraction of sp³-hybridized carbons (Fsp3) is 0.167. The Balaban J connectivity index is 2.40. The van der Waals surface area contributed by atoms with Gasteiger partial charge < -0.3 is 10.7 Å². The van der Waals surface area contributed by atoms with Gasteiger partial charge in [-0.15, -0.1) is 0 Å². The van der Waals surface area contributed by atoms with Crippen LogP contribution in [0.25, 0.3) is 0 Å². The number of hydrogen-bond acceptors (Lipinski definition) is 5. The number of nitrogens with one attached hydrogen (secondary N) is 2. The molecule has 2 aromatic rings. The number of aryl methyl sites for hydroxylation is 1. The van der Waals surface area contributed by atoms with Gasteiger partial charge >= 0.3 is 0 Å². The van der Waals surface area contributed by atoms with Crippen molar-refractivity contribution in [3.63, 3.8) is 0 Å². The molecule has 1 heterocycles. The van der Waals surface area contributed by atoms with Gasteiger partial charge in [0.25, 0.3) is 0 Å². The quantitative estimate of drug-likeness (QED) is 0.596. The number of rotatable bonds is 3. The minimum absolute atomic E-state index is 0.308. The van der Waals surface area contributed by atoms with Gasteiger partial charge in [-0.05, 0) is 32.0 Å². The maximum atomic E-state index is 13.3. The highest BCUT2D eigenvalue weighted by Crippen LogP contribution is 2.25. The zero-order valence-corrected chi connectivity index (χ0v) is 11.2. The zero-order chi connectivity index (χ0) is 14.0. The minimum Gasteiger partial charge on any atom is -0.340 e. The summed E-state index contributed by atoms with van der Waals surface area (Å²) in [7, 11) is 0. The van der Waals surface area contributed by atoms with E-state index in [-0.39, 0.29) is 0 Å². The molecule has 2 rings (SSSR count). The molecule has 0 fully saturated rings. The first-order valence-electron chi connectivity index (χ1n) is 5.54. The maximum Gasteiger partial charge on any atom is 0.148 e. The Kier molecular flexibility index (Phi) is 3.82. The maximum absolute atomic E-state index is 13.3. The first-order valence-corrected chi connectivity index (χ1v) is 5.92. The van der Waals surface area contributed by atoms with Crippen LogP contribution in [0.4, 0.5) is 21.7 Å². The van der Waals surface area contributed by atoms with E-state index in [2.05, 4.69) is 20.7 Å². The van der Waals surface area contributed by atoms with E-state index < -0.39 is 5.82 Å². The number of nitrogen functional groups attached to an aromatic ring is 1. The molecule has 0 atom stereocenters. The van der Waals surface area contributed by atoms with Crippen molar-refractivity contribution in [2.45, 2.75) is 13.8 Å². The Morgan fingerprint density at radius 3 is 2.47 bits per heavy atom. The van der Waals surface area contributed by atoms with Crippen molar-refractivity contribution in [2.24, 2.45) is 5.84 Å². The third-order valence-electron chi connectivity index (χ3n) is 2.52. The second kappa shape index (κ2) is 5.38. The highest BCUT2D eigenvalue weighted by Gasteiger charge is 2.09. The van der Waals surface area contributed by atoms with E-state index in [1.807, 2.05) is 0 Å². The molecule has 0 spiro atoms. The topological polar surface area (TPSA) is 75.9 Å². The highest BCUT2D eigenvalue weighted by molar-refractivity contribution is 6.30. The summed E-state index contributed by atoms with van der Waals surface area (Å²) in [6.45, 7) is 3.54. The molecule has 0 aliphatic carbocycles. The number of benzene rings is 1. The van der Waals surface area contributed by atoms with Crippen LogP contribution >= 0.6 is 11.6 Å². The lowest BCUT2D eigenvalue weighted by atomic mass is 10.2. The van der Waals surface area contributed by atoms with E-state index in [1.165, 1.54) is 12.1 Å². The summed E-state index contributed by atoms with van der Waals surface area (Å²) in [5.41, 5.74) is 3.73. The number of hydrazine groups is 1. The molecule has 0 amide bonds. The van der Waals surface area contributed by atoms with Crippen molar-refractivity contribution in [1.82, 2.24) is 9.97 Å². The predicted octanol–water partition coefficient (Wildman–Crippen LogP) is 2.92. The summed E-state index contributed by atoms with van der Waals surface area (Å²) in [6, 6.07) is 4.17. The monoisotopic (exact) mass is 281 g/mol. The standard InChI is InChI=1S/C12H13ClFN5/c1-6-11(16-7(2)17-12(6)19-15)18-10-4-8(13)3-9(14)5-10/h3-5H,15H2,1-2H3,(H2,16,17,18,19). The van der Waals surface area contributed by atoms with E-state index in [0.29, 0.717) is 28.2 Å². The number of aromatic nitrogens is 2. The van der Waals surface area contributed by atoms with Gasteiger partial charge in [-0.25, -0.2) is 20.2 Å². The molecule has 4 N–H and O–H groups in total. The number of nitrogens with two attached hydrogens (primary N) is 1. The predicted molar refractivity (Wildman–Crippen MR) is 74.0 cm³/mol. The largest absolute Gasteiger partial charge is 0.340 e. The van der Waals surface area contributed by atoms with Crippen molar-refractivity contribution in [1.29, 1.82) is 0 Å². The van der Waals surface area contributed by atoms with Gasteiger partial charge in [0.1, 0.15) is 23.3 Å². The number of nitrogens with zero attached hydrogens (tertiary/aromatic N) is 2. The number of halogens is 2. The minimum atomic E-state index is -0.421. The third-order valence-corrected chi connectivity index (χ3v) is 2.74. The SMILES string of the molecule is Cc1nc(NN)c(C)c(Nc2cc(F)cc(Cl)c2)n1. The summed E-state index contributed by atoms with van der Waals surface area (Å²) in [4.78, 5) is 8.39.